The molecule has 1 aliphatic carbocycles. The van der Waals surface area contributed by atoms with Crippen molar-refractivity contribution in [3.05, 3.63) is 65.4 Å². The van der Waals surface area contributed by atoms with Crippen LogP contribution in [0.15, 0.2) is 59.4 Å². The third-order valence-corrected chi connectivity index (χ3v) is 3.34. The van der Waals surface area contributed by atoms with Gasteiger partial charge in [-0.25, -0.2) is 0 Å². The maximum absolute atomic E-state index is 10.3. The highest BCUT2D eigenvalue weighted by Gasteiger charge is 2.24. The summed E-state index contributed by atoms with van der Waals surface area (Å²) in [5.74, 6) is 0.218. The van der Waals surface area contributed by atoms with E-state index in [1.54, 1.807) is 0 Å². The average Bonchev–Trinajstić information content (AvgIpc) is 2.79. The number of aliphatic hydroxyl groups is 1. The first kappa shape index (κ1) is 11.5. The van der Waals surface area contributed by atoms with E-state index in [4.69, 9.17) is 5.21 Å². The fourth-order valence-electron chi connectivity index (χ4n) is 2.56. The summed E-state index contributed by atoms with van der Waals surface area (Å²) >= 11 is 0. The molecule has 0 saturated heterocycles. The Balaban J connectivity index is 2.26. The van der Waals surface area contributed by atoms with Crippen LogP contribution in [-0.4, -0.2) is 16.5 Å². The Morgan fingerprint density at radius 2 is 1.37 bits per heavy atom. The monoisotopic (exact) mass is 251 g/mol. The second-order valence-corrected chi connectivity index (χ2v) is 4.42. The lowest BCUT2D eigenvalue weighted by Gasteiger charge is -2.05. The van der Waals surface area contributed by atoms with Crippen LogP contribution in [0.25, 0.3) is 16.7 Å². The maximum atomic E-state index is 10.3. The first-order valence-corrected chi connectivity index (χ1v) is 6.10. The number of benzene rings is 2. The van der Waals surface area contributed by atoms with E-state index in [9.17, 15) is 5.11 Å². The van der Waals surface area contributed by atoms with E-state index in [0.29, 0.717) is 0 Å². The molecule has 0 aliphatic heterocycles. The minimum Gasteiger partial charge on any atom is -0.511 e. The van der Waals surface area contributed by atoms with Gasteiger partial charge in [0.1, 0.15) is 5.76 Å². The van der Waals surface area contributed by atoms with Gasteiger partial charge in [-0.2, -0.15) is 0 Å². The topological polar surface area (TPSA) is 52.8 Å². The van der Waals surface area contributed by atoms with Gasteiger partial charge in [0, 0.05) is 12.0 Å². The largest absolute Gasteiger partial charge is 0.511 e. The molecular weight excluding hydrogens is 238 g/mol. The molecule has 2 aromatic rings. The number of rotatable bonds is 2. The average molecular weight is 251 g/mol. The van der Waals surface area contributed by atoms with Crippen molar-refractivity contribution in [2.24, 2.45) is 5.16 Å². The molecule has 3 heteroatoms. The van der Waals surface area contributed by atoms with Crippen molar-refractivity contribution >= 4 is 11.8 Å². The third-order valence-electron chi connectivity index (χ3n) is 3.34. The van der Waals surface area contributed by atoms with Crippen molar-refractivity contribution < 1.29 is 10.3 Å². The minimum atomic E-state index is 0.217. The zero-order chi connectivity index (χ0) is 13.2. The smallest absolute Gasteiger partial charge is 0.106 e. The zero-order valence-corrected chi connectivity index (χ0v) is 10.2. The Bertz CT molecular complexity index is 639. The molecule has 0 unspecified atom stereocenters. The molecule has 2 aromatic carbocycles. The van der Waals surface area contributed by atoms with Gasteiger partial charge in [0.05, 0.1) is 6.21 Å². The molecule has 0 atom stereocenters. The van der Waals surface area contributed by atoms with Crippen molar-refractivity contribution in [1.29, 1.82) is 0 Å². The van der Waals surface area contributed by atoms with Crippen LogP contribution in [0.4, 0.5) is 0 Å². The van der Waals surface area contributed by atoms with Crippen molar-refractivity contribution in [2.45, 2.75) is 6.42 Å². The van der Waals surface area contributed by atoms with Crippen molar-refractivity contribution in [3.63, 3.8) is 0 Å². The first-order chi connectivity index (χ1) is 9.33. The van der Waals surface area contributed by atoms with E-state index in [1.165, 1.54) is 6.21 Å². The molecule has 0 fully saturated rings. The van der Waals surface area contributed by atoms with Crippen molar-refractivity contribution in [3.8, 4) is 11.1 Å². The summed E-state index contributed by atoms with van der Waals surface area (Å²) in [4.78, 5) is 0. The summed E-state index contributed by atoms with van der Waals surface area (Å²) in [7, 11) is 0. The molecule has 19 heavy (non-hydrogen) atoms. The first-order valence-electron chi connectivity index (χ1n) is 6.10. The number of allylic oxidation sites excluding steroid dienone is 1. The van der Waals surface area contributed by atoms with Crippen LogP contribution in [0.2, 0.25) is 0 Å². The van der Waals surface area contributed by atoms with Gasteiger partial charge >= 0.3 is 0 Å². The molecule has 0 amide bonds. The van der Waals surface area contributed by atoms with E-state index in [2.05, 4.69) is 17.3 Å². The Labute approximate surface area is 111 Å². The maximum Gasteiger partial charge on any atom is 0.106 e. The van der Waals surface area contributed by atoms with Crippen LogP contribution in [0.3, 0.4) is 0 Å². The van der Waals surface area contributed by atoms with Gasteiger partial charge in [-0.1, -0.05) is 48.5 Å². The summed E-state index contributed by atoms with van der Waals surface area (Å²) in [6.07, 6.45) is 1.50. The van der Waals surface area contributed by atoms with Gasteiger partial charge in [0.25, 0.3) is 0 Å². The second-order valence-electron chi connectivity index (χ2n) is 4.42. The van der Waals surface area contributed by atoms with Crippen LogP contribution in [-0.2, 0) is 0 Å². The Morgan fingerprint density at radius 1 is 0.895 bits per heavy atom. The lowest BCUT2D eigenvalue weighted by Crippen LogP contribution is -1.91. The number of hydrogen-bond donors (Lipinski definition) is 2. The summed E-state index contributed by atoms with van der Waals surface area (Å²) in [6, 6.07) is 16.0. The number of nitrogens with zero attached hydrogens (tertiary/aromatic N) is 1. The molecule has 0 spiro atoms. The van der Waals surface area contributed by atoms with Crippen LogP contribution in [0.5, 0.6) is 0 Å². The Kier molecular flexibility index (Phi) is 2.80. The SMILES string of the molecule is ON=CCC(O)=C1c2ccccc2-c2ccccc21. The molecule has 1 aliphatic rings. The van der Waals surface area contributed by atoms with E-state index in [0.717, 1.165) is 27.8 Å². The normalized spacial score (nSPS) is 12.5. The zero-order valence-electron chi connectivity index (χ0n) is 10.2. The van der Waals surface area contributed by atoms with Crippen LogP contribution < -0.4 is 0 Å². The lowest BCUT2D eigenvalue weighted by atomic mass is 10.0. The highest BCUT2D eigenvalue weighted by atomic mass is 16.4. The van der Waals surface area contributed by atoms with Crippen molar-refractivity contribution in [2.75, 3.05) is 0 Å². The summed E-state index contributed by atoms with van der Waals surface area (Å²) in [5, 5.41) is 21.7. The second kappa shape index (κ2) is 4.61. The van der Waals surface area contributed by atoms with Gasteiger partial charge in [-0.05, 0) is 22.3 Å². The molecule has 94 valence electrons. The van der Waals surface area contributed by atoms with Gasteiger partial charge in [-0.15, -0.1) is 5.16 Å². The quantitative estimate of drug-likeness (QED) is 0.315. The number of aliphatic hydroxyl groups excluding tert-OH is 1. The van der Waals surface area contributed by atoms with E-state index >= 15 is 0 Å². The molecule has 3 nitrogen and oxygen atoms in total. The number of oxime groups is 1. The number of hydrogen-bond acceptors (Lipinski definition) is 3. The molecule has 0 saturated carbocycles. The van der Waals surface area contributed by atoms with Gasteiger partial charge < -0.3 is 10.3 Å². The summed E-state index contributed by atoms with van der Waals surface area (Å²) in [5.41, 5.74) is 5.12. The number of fused-ring (bicyclic) bond motifs is 3. The van der Waals surface area contributed by atoms with Gasteiger partial charge in [0.2, 0.25) is 0 Å². The molecule has 0 radical (unpaired) electrons. The molecule has 2 N–H and O–H groups in total. The summed E-state index contributed by atoms with van der Waals surface area (Å²) < 4.78 is 0. The third kappa shape index (κ3) is 1.80. The van der Waals surface area contributed by atoms with Crippen LogP contribution >= 0.6 is 0 Å². The molecule has 3 rings (SSSR count). The Morgan fingerprint density at radius 3 is 1.84 bits per heavy atom. The van der Waals surface area contributed by atoms with E-state index in [-0.39, 0.29) is 12.2 Å². The molecule has 0 heterocycles. The molecule has 0 bridgehead atoms. The van der Waals surface area contributed by atoms with Crippen molar-refractivity contribution in [1.82, 2.24) is 0 Å². The Hall–Kier alpha value is -2.55. The predicted molar refractivity (Wildman–Crippen MR) is 75.4 cm³/mol. The fraction of sp³-hybridized carbons (Fsp3) is 0.0625. The highest BCUT2D eigenvalue weighted by molar-refractivity contribution is 6.02. The molecule has 0 aromatic heterocycles. The highest BCUT2D eigenvalue weighted by Crippen LogP contribution is 2.45. The minimum absolute atomic E-state index is 0.217. The standard InChI is InChI=1S/C16H13NO2/c18-15(9-10-17-19)16-13-7-3-1-5-11(13)12-6-2-4-8-14(12)16/h1-8,10,18-19H,9H2. The predicted octanol–water partition coefficient (Wildman–Crippen LogP) is 3.83. The molecular formula is C16H13NO2. The van der Waals surface area contributed by atoms with Gasteiger partial charge in [0.15, 0.2) is 0 Å². The van der Waals surface area contributed by atoms with Crippen LogP contribution in [0.1, 0.15) is 17.5 Å². The van der Waals surface area contributed by atoms with E-state index in [1.807, 2.05) is 36.4 Å². The van der Waals surface area contributed by atoms with Gasteiger partial charge in [-0.3, -0.25) is 0 Å². The van der Waals surface area contributed by atoms with E-state index < -0.39 is 0 Å². The van der Waals surface area contributed by atoms with Crippen LogP contribution in [0, 0.1) is 0 Å². The fourth-order valence-corrected chi connectivity index (χ4v) is 2.56. The lowest BCUT2D eigenvalue weighted by molar-refractivity contribution is 0.319. The summed E-state index contributed by atoms with van der Waals surface area (Å²) in [6.45, 7) is 0.